The van der Waals surface area contributed by atoms with Crippen LogP contribution >= 0.6 is 0 Å². The fourth-order valence-corrected chi connectivity index (χ4v) is 2.10. The Balaban J connectivity index is 2.22. The van der Waals surface area contributed by atoms with Gasteiger partial charge in [0.1, 0.15) is 0 Å². The molecule has 2 N–H and O–H groups in total. The van der Waals surface area contributed by atoms with Crippen LogP contribution in [0.15, 0.2) is 24.3 Å². The lowest BCUT2D eigenvalue weighted by Crippen LogP contribution is -2.25. The zero-order chi connectivity index (χ0) is 14.1. The van der Waals surface area contributed by atoms with Gasteiger partial charge in [-0.2, -0.15) is 13.2 Å². The second kappa shape index (κ2) is 5.11. The molecule has 1 aromatic rings. The van der Waals surface area contributed by atoms with E-state index in [0.29, 0.717) is 25.1 Å². The van der Waals surface area contributed by atoms with Gasteiger partial charge in [0.05, 0.1) is 18.3 Å². The van der Waals surface area contributed by atoms with Gasteiger partial charge in [0, 0.05) is 5.56 Å². The highest BCUT2D eigenvalue weighted by atomic mass is 19.4. The topological polar surface area (TPSA) is 44.5 Å². The highest BCUT2D eigenvalue weighted by Crippen LogP contribution is 2.37. The Morgan fingerprint density at radius 2 is 2.16 bits per heavy atom. The molecule has 0 spiro atoms. The number of hydrogen-bond donors (Lipinski definition) is 1. The number of nitrogens with two attached hydrogens (primary N) is 1. The Hall–Kier alpha value is -1.11. The maximum atomic E-state index is 12.7. The van der Waals surface area contributed by atoms with Gasteiger partial charge in [0.15, 0.2) is 5.79 Å². The van der Waals surface area contributed by atoms with Gasteiger partial charge in [-0.05, 0) is 32.0 Å². The SMILES string of the molecule is CC1(c2cccc(C(F)(F)F)c2)OCC(CCN)O1. The van der Waals surface area contributed by atoms with E-state index in [0.717, 1.165) is 12.1 Å². The van der Waals surface area contributed by atoms with E-state index in [1.807, 2.05) is 0 Å². The Bertz CT molecular complexity index is 450. The summed E-state index contributed by atoms with van der Waals surface area (Å²) in [6.07, 6.45) is -3.93. The average Bonchev–Trinajstić information content (AvgIpc) is 2.72. The molecule has 1 aliphatic heterocycles. The Morgan fingerprint density at radius 1 is 1.42 bits per heavy atom. The van der Waals surface area contributed by atoms with Crippen LogP contribution in [0.2, 0.25) is 0 Å². The molecule has 106 valence electrons. The predicted octanol–water partition coefficient (Wildman–Crippen LogP) is 2.64. The minimum atomic E-state index is -4.37. The van der Waals surface area contributed by atoms with Crippen molar-refractivity contribution in [2.75, 3.05) is 13.2 Å². The van der Waals surface area contributed by atoms with Crippen LogP contribution < -0.4 is 5.73 Å². The highest BCUT2D eigenvalue weighted by molar-refractivity contribution is 5.29. The van der Waals surface area contributed by atoms with E-state index in [1.165, 1.54) is 6.07 Å². The fourth-order valence-electron chi connectivity index (χ4n) is 2.10. The Morgan fingerprint density at radius 3 is 2.79 bits per heavy atom. The second-order valence-electron chi connectivity index (χ2n) is 4.65. The van der Waals surface area contributed by atoms with Crippen LogP contribution in [0.4, 0.5) is 13.2 Å². The molecular weight excluding hydrogens is 259 g/mol. The molecule has 2 unspecified atom stereocenters. The third-order valence-corrected chi connectivity index (χ3v) is 3.14. The first-order valence-electron chi connectivity index (χ1n) is 6.05. The van der Waals surface area contributed by atoms with Crippen LogP contribution in [0.5, 0.6) is 0 Å². The first kappa shape index (κ1) is 14.3. The monoisotopic (exact) mass is 275 g/mol. The maximum absolute atomic E-state index is 12.7. The van der Waals surface area contributed by atoms with Crippen LogP contribution in [0.3, 0.4) is 0 Å². The zero-order valence-electron chi connectivity index (χ0n) is 10.5. The third kappa shape index (κ3) is 3.08. The molecule has 0 saturated carbocycles. The Kier molecular flexibility index (Phi) is 3.85. The minimum absolute atomic E-state index is 0.176. The largest absolute Gasteiger partial charge is 0.416 e. The second-order valence-corrected chi connectivity index (χ2v) is 4.65. The van der Waals surface area contributed by atoms with Gasteiger partial charge in [0.2, 0.25) is 0 Å². The van der Waals surface area contributed by atoms with Crippen molar-refractivity contribution in [1.82, 2.24) is 0 Å². The molecule has 6 heteroatoms. The molecule has 1 fully saturated rings. The van der Waals surface area contributed by atoms with Crippen molar-refractivity contribution in [2.45, 2.75) is 31.4 Å². The summed E-state index contributed by atoms with van der Waals surface area (Å²) in [6, 6.07) is 5.01. The van der Waals surface area contributed by atoms with E-state index in [4.69, 9.17) is 15.2 Å². The summed E-state index contributed by atoms with van der Waals surface area (Å²) in [4.78, 5) is 0. The molecule has 2 atom stereocenters. The summed E-state index contributed by atoms with van der Waals surface area (Å²) in [5, 5.41) is 0. The molecule has 3 nitrogen and oxygen atoms in total. The zero-order valence-corrected chi connectivity index (χ0v) is 10.5. The number of benzene rings is 1. The van der Waals surface area contributed by atoms with Crippen molar-refractivity contribution in [1.29, 1.82) is 0 Å². The molecule has 0 amide bonds. The standard InChI is InChI=1S/C13H16F3NO2/c1-12(18-8-11(19-12)5-6-17)9-3-2-4-10(7-9)13(14,15)16/h2-4,7,11H,5-6,8,17H2,1H3. The van der Waals surface area contributed by atoms with E-state index in [2.05, 4.69) is 0 Å². The van der Waals surface area contributed by atoms with Crippen LogP contribution in [-0.2, 0) is 21.4 Å². The first-order chi connectivity index (χ1) is 8.85. The van der Waals surface area contributed by atoms with E-state index in [9.17, 15) is 13.2 Å². The van der Waals surface area contributed by atoms with Crippen molar-refractivity contribution < 1.29 is 22.6 Å². The molecule has 1 aromatic carbocycles. The van der Waals surface area contributed by atoms with Crippen LogP contribution in [0.25, 0.3) is 0 Å². The fraction of sp³-hybridized carbons (Fsp3) is 0.538. The highest BCUT2D eigenvalue weighted by Gasteiger charge is 2.40. The summed E-state index contributed by atoms with van der Waals surface area (Å²) < 4.78 is 49.2. The quantitative estimate of drug-likeness (QED) is 0.922. The third-order valence-electron chi connectivity index (χ3n) is 3.14. The molecular formula is C13H16F3NO2. The van der Waals surface area contributed by atoms with Crippen molar-refractivity contribution in [2.24, 2.45) is 5.73 Å². The average molecular weight is 275 g/mol. The van der Waals surface area contributed by atoms with Crippen LogP contribution in [0.1, 0.15) is 24.5 Å². The van der Waals surface area contributed by atoms with Gasteiger partial charge in [-0.15, -0.1) is 0 Å². The number of ether oxygens (including phenoxy) is 2. The molecule has 19 heavy (non-hydrogen) atoms. The van der Waals surface area contributed by atoms with Gasteiger partial charge in [0.25, 0.3) is 0 Å². The van der Waals surface area contributed by atoms with E-state index >= 15 is 0 Å². The summed E-state index contributed by atoms with van der Waals surface area (Å²) in [7, 11) is 0. The first-order valence-corrected chi connectivity index (χ1v) is 6.05. The normalized spacial score (nSPS) is 27.7. The van der Waals surface area contributed by atoms with Gasteiger partial charge >= 0.3 is 6.18 Å². The lowest BCUT2D eigenvalue weighted by atomic mass is 10.0. The van der Waals surface area contributed by atoms with Crippen molar-refractivity contribution in [3.8, 4) is 0 Å². The maximum Gasteiger partial charge on any atom is 0.416 e. The number of alkyl halides is 3. The summed E-state index contributed by atoms with van der Waals surface area (Å²) in [6.45, 7) is 2.41. The molecule has 1 heterocycles. The van der Waals surface area contributed by atoms with E-state index in [1.54, 1.807) is 13.0 Å². The molecule has 0 bridgehead atoms. The van der Waals surface area contributed by atoms with Gasteiger partial charge in [-0.3, -0.25) is 0 Å². The lowest BCUT2D eigenvalue weighted by Gasteiger charge is -2.24. The van der Waals surface area contributed by atoms with Crippen molar-refractivity contribution in [3.63, 3.8) is 0 Å². The summed E-state index contributed by atoms with van der Waals surface area (Å²) in [5.41, 5.74) is 5.09. The van der Waals surface area contributed by atoms with Gasteiger partial charge < -0.3 is 15.2 Å². The molecule has 0 aromatic heterocycles. The molecule has 0 radical (unpaired) electrons. The van der Waals surface area contributed by atoms with Gasteiger partial charge in [-0.1, -0.05) is 12.1 Å². The summed E-state index contributed by atoms with van der Waals surface area (Å²) >= 11 is 0. The lowest BCUT2D eigenvalue weighted by molar-refractivity contribution is -0.163. The summed E-state index contributed by atoms with van der Waals surface area (Å²) in [5.74, 6) is -1.14. The number of rotatable bonds is 3. The minimum Gasteiger partial charge on any atom is -0.343 e. The molecule has 1 aliphatic rings. The molecule has 0 aliphatic carbocycles. The Labute approximate surface area is 109 Å². The van der Waals surface area contributed by atoms with Gasteiger partial charge in [-0.25, -0.2) is 0 Å². The van der Waals surface area contributed by atoms with Crippen molar-refractivity contribution >= 4 is 0 Å². The predicted molar refractivity (Wildman–Crippen MR) is 63.3 cm³/mol. The number of halogens is 3. The van der Waals surface area contributed by atoms with E-state index in [-0.39, 0.29) is 6.10 Å². The number of hydrogen-bond acceptors (Lipinski definition) is 3. The van der Waals surface area contributed by atoms with E-state index < -0.39 is 17.5 Å². The van der Waals surface area contributed by atoms with Crippen molar-refractivity contribution in [3.05, 3.63) is 35.4 Å². The van der Waals surface area contributed by atoms with Crippen LogP contribution in [-0.4, -0.2) is 19.3 Å². The smallest absolute Gasteiger partial charge is 0.343 e. The molecule has 2 rings (SSSR count). The molecule has 1 saturated heterocycles. The van der Waals surface area contributed by atoms with Crippen LogP contribution in [0, 0.1) is 0 Å².